The summed E-state index contributed by atoms with van der Waals surface area (Å²) in [5.41, 5.74) is 6.03. The van der Waals surface area contributed by atoms with E-state index in [1.54, 1.807) is 5.48 Å². The van der Waals surface area contributed by atoms with Gasteiger partial charge in [-0.1, -0.05) is 13.8 Å². The molecule has 2 heterocycles. The minimum absolute atomic E-state index is 0.159. The van der Waals surface area contributed by atoms with Gasteiger partial charge in [0, 0.05) is 13.1 Å². The Morgan fingerprint density at radius 3 is 2.48 bits per heavy atom. The Morgan fingerprint density at radius 1 is 1.22 bits per heavy atom. The molecule has 2 atom stereocenters. The van der Waals surface area contributed by atoms with E-state index in [0.717, 1.165) is 11.4 Å². The zero-order chi connectivity index (χ0) is 20.2. The van der Waals surface area contributed by atoms with Crippen LogP contribution in [0.5, 0.6) is 0 Å². The van der Waals surface area contributed by atoms with E-state index in [1.165, 1.54) is 0 Å². The maximum Gasteiger partial charge on any atom is 0.418 e. The van der Waals surface area contributed by atoms with Crippen molar-refractivity contribution in [3.8, 4) is 0 Å². The predicted molar refractivity (Wildman–Crippen MR) is 91.9 cm³/mol. The lowest BCUT2D eigenvalue weighted by atomic mass is 9.78. The van der Waals surface area contributed by atoms with Crippen LogP contribution >= 0.6 is 0 Å². The topological polar surface area (TPSA) is 166 Å². The molecule has 0 aromatic heterocycles. The average Bonchev–Trinajstić information content (AvgIpc) is 3.10. The summed E-state index contributed by atoms with van der Waals surface area (Å²) < 4.78 is 33.6. The lowest BCUT2D eigenvalue weighted by molar-refractivity contribution is -0.134. The summed E-state index contributed by atoms with van der Waals surface area (Å²) in [5.74, 6) is -1.17. The Labute approximate surface area is 157 Å². The van der Waals surface area contributed by atoms with Gasteiger partial charge in [0.25, 0.3) is 5.91 Å². The van der Waals surface area contributed by atoms with Gasteiger partial charge in [-0.2, -0.15) is 13.9 Å². The van der Waals surface area contributed by atoms with Crippen molar-refractivity contribution in [2.24, 2.45) is 11.3 Å². The number of hydrogen-bond acceptors (Lipinski definition) is 7. The van der Waals surface area contributed by atoms with E-state index in [-0.39, 0.29) is 23.8 Å². The van der Waals surface area contributed by atoms with Gasteiger partial charge >= 0.3 is 16.4 Å². The summed E-state index contributed by atoms with van der Waals surface area (Å²) >= 11 is 0. The first-order valence-electron chi connectivity index (χ1n) is 8.51. The van der Waals surface area contributed by atoms with Crippen molar-refractivity contribution in [3.05, 3.63) is 0 Å². The molecule has 0 spiro atoms. The van der Waals surface area contributed by atoms with Gasteiger partial charge in [-0.3, -0.25) is 25.0 Å². The van der Waals surface area contributed by atoms with Crippen LogP contribution in [-0.2, 0) is 24.3 Å². The highest BCUT2D eigenvalue weighted by molar-refractivity contribution is 7.80. The number of nitrogens with zero attached hydrogens (tertiary/aromatic N) is 1. The highest BCUT2D eigenvalue weighted by Crippen LogP contribution is 2.33. The number of piperidine rings is 1. The Morgan fingerprint density at radius 2 is 1.89 bits per heavy atom. The third-order valence-electron chi connectivity index (χ3n) is 4.69. The molecule has 0 aliphatic carbocycles. The van der Waals surface area contributed by atoms with Gasteiger partial charge in [0.1, 0.15) is 6.04 Å². The normalized spacial score (nSPS) is 24.9. The molecule has 0 radical (unpaired) electrons. The van der Waals surface area contributed by atoms with E-state index < -0.39 is 28.4 Å². The molecule has 2 rings (SSSR count). The molecule has 2 fully saturated rings. The minimum atomic E-state index is -4.87. The average molecular weight is 407 g/mol. The van der Waals surface area contributed by atoms with Crippen LogP contribution in [0.2, 0.25) is 0 Å². The second kappa shape index (κ2) is 8.37. The first-order chi connectivity index (χ1) is 12.5. The largest absolute Gasteiger partial charge is 0.418 e. The van der Waals surface area contributed by atoms with Crippen molar-refractivity contribution in [3.63, 3.8) is 0 Å². The number of urea groups is 1. The number of carbonyl (C=O) groups excluding carboxylic acids is 3. The van der Waals surface area contributed by atoms with Crippen LogP contribution in [0.4, 0.5) is 4.79 Å². The van der Waals surface area contributed by atoms with E-state index in [4.69, 9.17) is 4.55 Å². The maximum absolute atomic E-state index is 12.5. The number of likely N-dealkylation sites (tertiary alicyclic amines) is 1. The van der Waals surface area contributed by atoms with Crippen molar-refractivity contribution in [2.45, 2.75) is 39.2 Å². The van der Waals surface area contributed by atoms with Gasteiger partial charge in [-0.15, -0.1) is 4.28 Å². The Bertz CT molecular complexity index is 690. The molecule has 0 saturated carbocycles. The number of amides is 4. The van der Waals surface area contributed by atoms with Crippen LogP contribution in [0.3, 0.4) is 0 Å². The summed E-state index contributed by atoms with van der Waals surface area (Å²) in [7, 11) is -4.87. The summed E-state index contributed by atoms with van der Waals surface area (Å²) in [6, 6.07) is -1.95. The molecule has 2 saturated heterocycles. The van der Waals surface area contributed by atoms with Gasteiger partial charge in [0.15, 0.2) is 0 Å². The number of rotatable bonds is 4. The molecule has 0 aromatic rings. The molecule has 27 heavy (non-hydrogen) atoms. The number of carbonyl (C=O) groups is 3. The second-order valence-electron chi connectivity index (χ2n) is 7.41. The highest BCUT2D eigenvalue weighted by Gasteiger charge is 2.40. The SMILES string of the molecule is CC1(C)CCN(C(=O)NOS(=O)(=O)O)[C@H](C(=O)NNC(=O)C2CCNC2)C1. The third kappa shape index (κ3) is 6.30. The standard InChI is InChI=1S/C14H25N5O7S/c1-14(2)4-6-19(13(22)18-26-27(23,24)25)10(7-14)12(21)17-16-11(20)9-3-5-15-8-9/h9-10,15H,3-8H2,1-2H3,(H,16,20)(H,17,21)(H,18,22)(H,23,24,25)/t9?,10-/m0/s1. The van der Waals surface area contributed by atoms with E-state index in [2.05, 4.69) is 20.5 Å². The van der Waals surface area contributed by atoms with Crippen LogP contribution in [-0.4, -0.2) is 61.4 Å². The molecule has 2 aliphatic rings. The van der Waals surface area contributed by atoms with Crippen LogP contribution in [0.15, 0.2) is 0 Å². The zero-order valence-electron chi connectivity index (χ0n) is 15.1. The van der Waals surface area contributed by atoms with Crippen molar-refractivity contribution >= 4 is 28.2 Å². The quantitative estimate of drug-likeness (QED) is 0.282. The van der Waals surface area contributed by atoms with Gasteiger partial charge in [0.2, 0.25) is 5.91 Å². The molecule has 0 aromatic carbocycles. The Balaban J connectivity index is 1.99. The molecule has 0 bridgehead atoms. The van der Waals surface area contributed by atoms with E-state index >= 15 is 0 Å². The maximum atomic E-state index is 12.5. The van der Waals surface area contributed by atoms with Crippen LogP contribution in [0, 0.1) is 11.3 Å². The van der Waals surface area contributed by atoms with E-state index in [0.29, 0.717) is 25.8 Å². The van der Waals surface area contributed by atoms with Crippen LogP contribution in [0.1, 0.15) is 33.1 Å². The minimum Gasteiger partial charge on any atom is -0.316 e. The van der Waals surface area contributed by atoms with Gasteiger partial charge < -0.3 is 10.2 Å². The number of nitrogens with one attached hydrogen (secondary N) is 4. The summed E-state index contributed by atoms with van der Waals surface area (Å²) in [5, 5.41) is 3.05. The fourth-order valence-electron chi connectivity index (χ4n) is 3.13. The van der Waals surface area contributed by atoms with E-state index in [1.807, 2.05) is 13.8 Å². The van der Waals surface area contributed by atoms with E-state index in [9.17, 15) is 22.8 Å². The molecule has 5 N–H and O–H groups in total. The summed E-state index contributed by atoms with van der Waals surface area (Å²) in [4.78, 5) is 37.8. The predicted octanol–water partition coefficient (Wildman–Crippen LogP) is -1.32. The molecule has 12 nitrogen and oxygen atoms in total. The molecular weight excluding hydrogens is 382 g/mol. The summed E-state index contributed by atoms with van der Waals surface area (Å²) in [6.07, 6.45) is 1.52. The second-order valence-corrected chi connectivity index (χ2v) is 8.44. The fraction of sp³-hybridized carbons (Fsp3) is 0.786. The first-order valence-corrected chi connectivity index (χ1v) is 9.88. The third-order valence-corrected chi connectivity index (χ3v) is 4.98. The van der Waals surface area contributed by atoms with Gasteiger partial charge in [-0.05, 0) is 31.2 Å². The van der Waals surface area contributed by atoms with Crippen molar-refractivity contribution in [2.75, 3.05) is 19.6 Å². The van der Waals surface area contributed by atoms with Crippen molar-refractivity contribution in [1.82, 2.24) is 26.5 Å². The fourth-order valence-corrected chi connectivity index (χ4v) is 3.30. The molecule has 4 amide bonds. The monoisotopic (exact) mass is 407 g/mol. The Kier molecular flexibility index (Phi) is 6.62. The summed E-state index contributed by atoms with van der Waals surface area (Å²) in [6.45, 7) is 5.27. The Hall–Kier alpha value is -1.96. The zero-order valence-corrected chi connectivity index (χ0v) is 16.0. The molecular formula is C14H25N5O7S. The molecule has 1 unspecified atom stereocenters. The molecule has 13 heteroatoms. The number of hydrogen-bond donors (Lipinski definition) is 5. The van der Waals surface area contributed by atoms with Gasteiger partial charge in [0.05, 0.1) is 5.92 Å². The number of hydroxylamine groups is 1. The molecule has 2 aliphatic heterocycles. The number of hydrazine groups is 1. The first kappa shape index (κ1) is 21.3. The lowest BCUT2D eigenvalue weighted by Crippen LogP contribution is -2.60. The van der Waals surface area contributed by atoms with Crippen LogP contribution < -0.4 is 21.6 Å². The lowest BCUT2D eigenvalue weighted by Gasteiger charge is -2.42. The molecule has 154 valence electrons. The van der Waals surface area contributed by atoms with Crippen molar-refractivity contribution < 1.29 is 31.6 Å². The van der Waals surface area contributed by atoms with Crippen LogP contribution in [0.25, 0.3) is 0 Å². The smallest absolute Gasteiger partial charge is 0.316 e. The van der Waals surface area contributed by atoms with Crippen molar-refractivity contribution in [1.29, 1.82) is 0 Å². The van der Waals surface area contributed by atoms with Gasteiger partial charge in [-0.25, -0.2) is 4.79 Å². The highest BCUT2D eigenvalue weighted by atomic mass is 32.3.